The summed E-state index contributed by atoms with van der Waals surface area (Å²) in [6.45, 7) is 3.73. The number of hydrogen-bond acceptors (Lipinski definition) is 5. The Balaban J connectivity index is 2.17. The molecule has 6 heteroatoms. The Morgan fingerprint density at radius 2 is 2.24 bits per heavy atom. The molecule has 0 saturated heterocycles. The van der Waals surface area contributed by atoms with Crippen LogP contribution >= 0.6 is 0 Å². The van der Waals surface area contributed by atoms with Crippen molar-refractivity contribution in [3.63, 3.8) is 0 Å². The van der Waals surface area contributed by atoms with Crippen LogP contribution in [-0.2, 0) is 6.42 Å². The van der Waals surface area contributed by atoms with Crippen LogP contribution in [0.3, 0.4) is 0 Å². The third kappa shape index (κ3) is 3.64. The molecule has 1 aromatic rings. The molecule has 1 aliphatic heterocycles. The Kier molecular flexibility index (Phi) is 5.01. The fourth-order valence-corrected chi connectivity index (χ4v) is 2.56. The number of nitrogens with zero attached hydrogens (tertiary/aromatic N) is 2. The quantitative estimate of drug-likeness (QED) is 0.475. The second-order valence-corrected chi connectivity index (χ2v) is 5.63. The van der Waals surface area contributed by atoms with Crippen molar-refractivity contribution in [3.8, 4) is 5.75 Å². The van der Waals surface area contributed by atoms with Crippen molar-refractivity contribution in [2.45, 2.75) is 32.3 Å². The minimum absolute atomic E-state index is 0.129. The smallest absolute Gasteiger partial charge is 0.292 e. The fourth-order valence-electron chi connectivity index (χ4n) is 2.56. The number of anilines is 1. The van der Waals surface area contributed by atoms with Crippen LogP contribution in [0.1, 0.15) is 25.3 Å². The van der Waals surface area contributed by atoms with Crippen molar-refractivity contribution >= 4 is 11.4 Å². The van der Waals surface area contributed by atoms with Gasteiger partial charge in [-0.2, -0.15) is 0 Å². The lowest BCUT2D eigenvalue weighted by atomic mass is 10.0. The van der Waals surface area contributed by atoms with Crippen LogP contribution in [0.4, 0.5) is 11.4 Å². The van der Waals surface area contributed by atoms with Crippen LogP contribution in [0.2, 0.25) is 0 Å². The second-order valence-electron chi connectivity index (χ2n) is 5.63. The number of rotatable bonds is 7. The second kappa shape index (κ2) is 6.76. The van der Waals surface area contributed by atoms with Crippen LogP contribution in [0.5, 0.6) is 5.75 Å². The number of nitrogens with one attached hydrogen (secondary N) is 1. The Morgan fingerprint density at radius 1 is 1.48 bits per heavy atom. The topological polar surface area (TPSA) is 67.6 Å². The first kappa shape index (κ1) is 15.6. The molecule has 0 saturated carbocycles. The Hall–Kier alpha value is -1.82. The molecule has 1 aliphatic rings. The zero-order valence-electron chi connectivity index (χ0n) is 12.9. The van der Waals surface area contributed by atoms with E-state index in [1.165, 1.54) is 6.07 Å². The van der Waals surface area contributed by atoms with Gasteiger partial charge in [-0.05, 0) is 39.5 Å². The average Bonchev–Trinajstić information content (AvgIpc) is 2.86. The van der Waals surface area contributed by atoms with Crippen LogP contribution in [0.25, 0.3) is 0 Å². The van der Waals surface area contributed by atoms with Crippen LogP contribution in [0.15, 0.2) is 12.1 Å². The molecule has 1 heterocycles. The third-order valence-corrected chi connectivity index (χ3v) is 3.71. The average molecular weight is 293 g/mol. The van der Waals surface area contributed by atoms with Gasteiger partial charge < -0.3 is 15.0 Å². The SMILES string of the molecule is CCC1Cc2c(ccc([N+](=O)[O-])c2NCCCN(C)C)O1. The molecule has 0 bridgehead atoms. The van der Waals surface area contributed by atoms with Gasteiger partial charge in [-0.3, -0.25) is 10.1 Å². The van der Waals surface area contributed by atoms with Crippen molar-refractivity contribution in [2.75, 3.05) is 32.5 Å². The first-order chi connectivity index (χ1) is 10.0. The molecule has 6 nitrogen and oxygen atoms in total. The van der Waals surface area contributed by atoms with E-state index in [0.717, 1.165) is 37.1 Å². The molecule has 0 aromatic heterocycles. The number of benzene rings is 1. The van der Waals surface area contributed by atoms with E-state index in [1.54, 1.807) is 6.07 Å². The molecule has 2 rings (SSSR count). The highest BCUT2D eigenvalue weighted by Crippen LogP contribution is 2.40. The summed E-state index contributed by atoms with van der Waals surface area (Å²) in [4.78, 5) is 13.0. The van der Waals surface area contributed by atoms with E-state index >= 15 is 0 Å². The molecule has 0 aliphatic carbocycles. The van der Waals surface area contributed by atoms with E-state index in [2.05, 4.69) is 17.1 Å². The highest BCUT2D eigenvalue weighted by Gasteiger charge is 2.29. The molecular formula is C15H23N3O3. The summed E-state index contributed by atoms with van der Waals surface area (Å²) in [5.74, 6) is 0.780. The largest absolute Gasteiger partial charge is 0.490 e. The zero-order valence-corrected chi connectivity index (χ0v) is 12.9. The summed E-state index contributed by atoms with van der Waals surface area (Å²) in [7, 11) is 4.03. The molecule has 1 N–H and O–H groups in total. The fraction of sp³-hybridized carbons (Fsp3) is 0.600. The van der Waals surface area contributed by atoms with E-state index in [4.69, 9.17) is 4.74 Å². The van der Waals surface area contributed by atoms with Gasteiger partial charge in [0, 0.05) is 24.6 Å². The van der Waals surface area contributed by atoms with Crippen molar-refractivity contribution in [1.29, 1.82) is 0 Å². The van der Waals surface area contributed by atoms with Crippen molar-refractivity contribution in [3.05, 3.63) is 27.8 Å². The number of nitro benzene ring substituents is 1. The lowest BCUT2D eigenvalue weighted by Gasteiger charge is -2.12. The van der Waals surface area contributed by atoms with Gasteiger partial charge in [-0.15, -0.1) is 0 Å². The maximum atomic E-state index is 11.2. The minimum atomic E-state index is -0.326. The number of ether oxygens (including phenoxy) is 1. The summed E-state index contributed by atoms with van der Waals surface area (Å²) in [5.41, 5.74) is 1.71. The summed E-state index contributed by atoms with van der Waals surface area (Å²) in [5, 5.41) is 14.5. The Morgan fingerprint density at radius 3 is 2.86 bits per heavy atom. The van der Waals surface area contributed by atoms with Crippen molar-refractivity contribution < 1.29 is 9.66 Å². The van der Waals surface area contributed by atoms with Crippen molar-refractivity contribution in [1.82, 2.24) is 4.90 Å². The molecule has 116 valence electrons. The predicted molar refractivity (Wildman–Crippen MR) is 83.2 cm³/mol. The number of hydrogen-bond donors (Lipinski definition) is 1. The van der Waals surface area contributed by atoms with Gasteiger partial charge in [0.05, 0.1) is 4.92 Å². The Bertz CT molecular complexity index is 517. The predicted octanol–water partition coefficient (Wildman–Crippen LogP) is 2.67. The summed E-state index contributed by atoms with van der Waals surface area (Å²) < 4.78 is 5.81. The van der Waals surface area contributed by atoms with Gasteiger partial charge in [-0.1, -0.05) is 6.92 Å². The van der Waals surface area contributed by atoms with Crippen LogP contribution in [0, 0.1) is 10.1 Å². The standard InChI is InChI=1S/C15H23N3O3/c1-4-11-10-12-14(21-11)7-6-13(18(19)20)15(12)16-8-5-9-17(2)3/h6-7,11,16H,4-5,8-10H2,1-3H3. The summed E-state index contributed by atoms with van der Waals surface area (Å²) in [6.07, 6.45) is 2.71. The molecule has 0 fully saturated rings. The van der Waals surface area contributed by atoms with Gasteiger partial charge in [0.1, 0.15) is 17.5 Å². The molecule has 0 radical (unpaired) electrons. The number of nitro groups is 1. The molecule has 0 spiro atoms. The normalized spacial score (nSPS) is 16.7. The van der Waals surface area contributed by atoms with Crippen LogP contribution in [-0.4, -0.2) is 43.1 Å². The highest BCUT2D eigenvalue weighted by atomic mass is 16.6. The number of fused-ring (bicyclic) bond motifs is 1. The summed E-state index contributed by atoms with van der Waals surface area (Å²) >= 11 is 0. The molecule has 21 heavy (non-hydrogen) atoms. The van der Waals surface area contributed by atoms with Gasteiger partial charge in [0.25, 0.3) is 5.69 Å². The maximum Gasteiger partial charge on any atom is 0.292 e. The first-order valence-electron chi connectivity index (χ1n) is 7.38. The van der Waals surface area contributed by atoms with E-state index in [1.807, 2.05) is 14.1 Å². The lowest BCUT2D eigenvalue weighted by Crippen LogP contribution is -2.17. The summed E-state index contributed by atoms with van der Waals surface area (Å²) in [6, 6.07) is 3.25. The molecule has 1 unspecified atom stereocenters. The van der Waals surface area contributed by atoms with Crippen molar-refractivity contribution in [2.24, 2.45) is 0 Å². The maximum absolute atomic E-state index is 11.2. The van der Waals surface area contributed by atoms with Gasteiger partial charge in [0.2, 0.25) is 0 Å². The zero-order chi connectivity index (χ0) is 15.4. The molecular weight excluding hydrogens is 270 g/mol. The third-order valence-electron chi connectivity index (χ3n) is 3.71. The van der Waals surface area contributed by atoms with E-state index in [9.17, 15) is 10.1 Å². The monoisotopic (exact) mass is 293 g/mol. The molecule has 0 amide bonds. The minimum Gasteiger partial charge on any atom is -0.490 e. The van der Waals surface area contributed by atoms with E-state index in [-0.39, 0.29) is 16.7 Å². The van der Waals surface area contributed by atoms with Gasteiger partial charge in [0.15, 0.2) is 0 Å². The van der Waals surface area contributed by atoms with Gasteiger partial charge in [-0.25, -0.2) is 0 Å². The molecule has 1 aromatic carbocycles. The first-order valence-corrected chi connectivity index (χ1v) is 7.38. The Labute approximate surface area is 125 Å². The lowest BCUT2D eigenvalue weighted by molar-refractivity contribution is -0.384. The molecule has 1 atom stereocenters. The van der Waals surface area contributed by atoms with Gasteiger partial charge >= 0.3 is 0 Å². The van der Waals surface area contributed by atoms with E-state index in [0.29, 0.717) is 12.2 Å². The van der Waals surface area contributed by atoms with Crippen LogP contribution < -0.4 is 10.1 Å². The highest BCUT2D eigenvalue weighted by molar-refractivity contribution is 5.71. The van der Waals surface area contributed by atoms with E-state index < -0.39 is 0 Å².